The number of amides is 1. The molecule has 0 unspecified atom stereocenters. The standard InChI is InChI=1S/C22H21N3O2S/c1-14-10-15(2)16(3)20(11-14)27-13-21(26)23-18-6-4-17(5-7-18)19-12-25-8-9-28-22(25)24-19/h4-12H,13H2,1-3H3,(H,23,26). The number of aryl methyl sites for hydroxylation is 2. The maximum Gasteiger partial charge on any atom is 0.262 e. The molecule has 1 N–H and O–H groups in total. The fraction of sp³-hybridized carbons (Fsp3) is 0.182. The number of anilines is 1. The van der Waals surface area contributed by atoms with Gasteiger partial charge >= 0.3 is 0 Å². The molecule has 0 spiro atoms. The Kier molecular flexibility index (Phi) is 4.88. The second-order valence-electron chi connectivity index (χ2n) is 6.84. The summed E-state index contributed by atoms with van der Waals surface area (Å²) in [5, 5.41) is 4.88. The van der Waals surface area contributed by atoms with Crippen molar-refractivity contribution >= 4 is 27.9 Å². The smallest absolute Gasteiger partial charge is 0.262 e. The quantitative estimate of drug-likeness (QED) is 0.520. The van der Waals surface area contributed by atoms with Gasteiger partial charge in [0.25, 0.3) is 5.91 Å². The summed E-state index contributed by atoms with van der Waals surface area (Å²) in [5.41, 5.74) is 5.99. The molecule has 0 saturated heterocycles. The molecule has 0 bridgehead atoms. The number of nitrogens with one attached hydrogen (secondary N) is 1. The number of imidazole rings is 1. The molecule has 1 amide bonds. The predicted molar refractivity (Wildman–Crippen MR) is 113 cm³/mol. The van der Waals surface area contributed by atoms with Gasteiger partial charge < -0.3 is 10.1 Å². The Balaban J connectivity index is 1.39. The van der Waals surface area contributed by atoms with Crippen LogP contribution in [-0.2, 0) is 4.79 Å². The second-order valence-corrected chi connectivity index (χ2v) is 7.71. The van der Waals surface area contributed by atoms with E-state index in [0.717, 1.165) is 44.3 Å². The number of hydrogen-bond donors (Lipinski definition) is 1. The van der Waals surface area contributed by atoms with Crippen LogP contribution in [0.3, 0.4) is 0 Å². The Hall–Kier alpha value is -3.12. The molecule has 0 aliphatic rings. The normalized spacial score (nSPS) is 11.0. The second kappa shape index (κ2) is 7.48. The Morgan fingerprint density at radius 2 is 1.96 bits per heavy atom. The summed E-state index contributed by atoms with van der Waals surface area (Å²) in [6, 6.07) is 11.7. The molecule has 4 rings (SSSR count). The number of aromatic nitrogens is 2. The first kappa shape index (κ1) is 18.3. The minimum atomic E-state index is -0.186. The van der Waals surface area contributed by atoms with Crippen molar-refractivity contribution in [2.24, 2.45) is 0 Å². The molecule has 0 radical (unpaired) electrons. The fourth-order valence-electron chi connectivity index (χ4n) is 3.08. The van der Waals surface area contributed by atoms with Gasteiger partial charge in [-0.05, 0) is 55.7 Å². The number of fused-ring (bicyclic) bond motifs is 1. The van der Waals surface area contributed by atoms with E-state index in [-0.39, 0.29) is 12.5 Å². The largest absolute Gasteiger partial charge is 0.483 e. The van der Waals surface area contributed by atoms with Gasteiger partial charge in [-0.25, -0.2) is 4.98 Å². The van der Waals surface area contributed by atoms with Crippen molar-refractivity contribution in [1.29, 1.82) is 0 Å². The van der Waals surface area contributed by atoms with E-state index in [0.29, 0.717) is 0 Å². The molecule has 0 aliphatic heterocycles. The summed E-state index contributed by atoms with van der Waals surface area (Å²) in [7, 11) is 0. The van der Waals surface area contributed by atoms with E-state index < -0.39 is 0 Å². The Morgan fingerprint density at radius 1 is 1.18 bits per heavy atom. The molecule has 6 heteroatoms. The number of carbonyl (C=O) groups excluding carboxylic acids is 1. The Morgan fingerprint density at radius 3 is 2.71 bits per heavy atom. The van der Waals surface area contributed by atoms with E-state index >= 15 is 0 Å². The van der Waals surface area contributed by atoms with Crippen LogP contribution in [0, 0.1) is 20.8 Å². The number of hydrogen-bond acceptors (Lipinski definition) is 4. The summed E-state index contributed by atoms with van der Waals surface area (Å²) in [6.07, 6.45) is 3.99. The van der Waals surface area contributed by atoms with Gasteiger partial charge in [-0.15, -0.1) is 11.3 Å². The van der Waals surface area contributed by atoms with Gasteiger partial charge in [-0.2, -0.15) is 0 Å². The van der Waals surface area contributed by atoms with Gasteiger partial charge in [0.15, 0.2) is 11.6 Å². The average molecular weight is 391 g/mol. The van der Waals surface area contributed by atoms with Gasteiger partial charge in [0.1, 0.15) is 5.75 Å². The zero-order valence-corrected chi connectivity index (χ0v) is 16.8. The van der Waals surface area contributed by atoms with Crippen LogP contribution in [0.15, 0.2) is 54.2 Å². The molecule has 2 aromatic carbocycles. The number of nitrogens with zero attached hydrogens (tertiary/aromatic N) is 2. The first-order chi connectivity index (χ1) is 13.5. The Bertz CT molecular complexity index is 1110. The zero-order valence-electron chi connectivity index (χ0n) is 16.0. The van der Waals surface area contributed by atoms with Crippen molar-refractivity contribution in [1.82, 2.24) is 9.38 Å². The molecule has 2 heterocycles. The van der Waals surface area contributed by atoms with Gasteiger partial charge in [0, 0.05) is 29.0 Å². The molecular weight excluding hydrogens is 370 g/mol. The predicted octanol–water partition coefficient (Wildman–Crippen LogP) is 5.01. The van der Waals surface area contributed by atoms with E-state index in [1.165, 1.54) is 0 Å². The lowest BCUT2D eigenvalue weighted by molar-refractivity contribution is -0.118. The van der Waals surface area contributed by atoms with Crippen LogP contribution in [0.1, 0.15) is 16.7 Å². The first-order valence-electron chi connectivity index (χ1n) is 9.03. The van der Waals surface area contributed by atoms with Gasteiger partial charge in [0.2, 0.25) is 0 Å². The minimum Gasteiger partial charge on any atom is -0.483 e. The van der Waals surface area contributed by atoms with Crippen LogP contribution in [-0.4, -0.2) is 21.9 Å². The summed E-state index contributed by atoms with van der Waals surface area (Å²) in [4.78, 5) is 17.8. The van der Waals surface area contributed by atoms with Crippen molar-refractivity contribution in [3.05, 3.63) is 70.9 Å². The van der Waals surface area contributed by atoms with E-state index in [2.05, 4.69) is 16.4 Å². The van der Waals surface area contributed by atoms with Crippen molar-refractivity contribution in [3.63, 3.8) is 0 Å². The van der Waals surface area contributed by atoms with Gasteiger partial charge in [-0.3, -0.25) is 9.20 Å². The van der Waals surface area contributed by atoms with Crippen molar-refractivity contribution in [2.75, 3.05) is 11.9 Å². The van der Waals surface area contributed by atoms with E-state index in [9.17, 15) is 4.79 Å². The van der Waals surface area contributed by atoms with E-state index in [1.807, 2.05) is 73.3 Å². The van der Waals surface area contributed by atoms with Crippen molar-refractivity contribution < 1.29 is 9.53 Å². The van der Waals surface area contributed by atoms with Crippen LogP contribution < -0.4 is 10.1 Å². The molecular formula is C22H21N3O2S. The highest BCUT2D eigenvalue weighted by Crippen LogP contribution is 2.24. The number of ether oxygens (including phenoxy) is 1. The summed E-state index contributed by atoms with van der Waals surface area (Å²) in [6.45, 7) is 6.04. The maximum absolute atomic E-state index is 12.3. The summed E-state index contributed by atoms with van der Waals surface area (Å²) in [5.74, 6) is 0.566. The molecule has 0 saturated carbocycles. The average Bonchev–Trinajstić information content (AvgIpc) is 3.26. The third-order valence-electron chi connectivity index (χ3n) is 4.68. The fourth-order valence-corrected chi connectivity index (χ4v) is 3.78. The molecule has 28 heavy (non-hydrogen) atoms. The van der Waals surface area contributed by atoms with Gasteiger partial charge in [-0.1, -0.05) is 18.2 Å². The lowest BCUT2D eigenvalue weighted by atomic mass is 10.1. The zero-order chi connectivity index (χ0) is 19.7. The first-order valence-corrected chi connectivity index (χ1v) is 9.91. The highest BCUT2D eigenvalue weighted by Gasteiger charge is 2.09. The molecule has 2 aromatic heterocycles. The third kappa shape index (κ3) is 3.77. The number of rotatable bonds is 5. The summed E-state index contributed by atoms with van der Waals surface area (Å²) < 4.78 is 7.73. The SMILES string of the molecule is Cc1cc(C)c(C)c(OCC(=O)Nc2ccc(-c3cn4ccsc4n3)cc2)c1. The molecule has 5 nitrogen and oxygen atoms in total. The lowest BCUT2D eigenvalue weighted by Crippen LogP contribution is -2.20. The lowest BCUT2D eigenvalue weighted by Gasteiger charge is -2.12. The van der Waals surface area contributed by atoms with Crippen LogP contribution in [0.4, 0.5) is 5.69 Å². The highest BCUT2D eigenvalue weighted by molar-refractivity contribution is 7.15. The Labute approximate surface area is 167 Å². The third-order valence-corrected chi connectivity index (χ3v) is 5.45. The highest BCUT2D eigenvalue weighted by atomic mass is 32.1. The number of thiazole rings is 1. The van der Waals surface area contributed by atoms with E-state index in [4.69, 9.17) is 4.74 Å². The van der Waals surface area contributed by atoms with Crippen LogP contribution >= 0.6 is 11.3 Å². The number of carbonyl (C=O) groups is 1. The maximum atomic E-state index is 12.3. The van der Waals surface area contributed by atoms with Crippen LogP contribution in [0.25, 0.3) is 16.2 Å². The van der Waals surface area contributed by atoms with Gasteiger partial charge in [0.05, 0.1) is 5.69 Å². The molecule has 0 aliphatic carbocycles. The summed E-state index contributed by atoms with van der Waals surface area (Å²) >= 11 is 1.60. The number of benzene rings is 2. The van der Waals surface area contributed by atoms with Crippen LogP contribution in [0.2, 0.25) is 0 Å². The molecule has 0 fully saturated rings. The minimum absolute atomic E-state index is 0.0250. The molecule has 4 aromatic rings. The van der Waals surface area contributed by atoms with E-state index in [1.54, 1.807) is 11.3 Å². The monoisotopic (exact) mass is 391 g/mol. The topological polar surface area (TPSA) is 55.6 Å². The molecule has 0 atom stereocenters. The van der Waals surface area contributed by atoms with Crippen molar-refractivity contribution in [2.45, 2.75) is 20.8 Å². The molecule has 142 valence electrons. The van der Waals surface area contributed by atoms with Crippen LogP contribution in [0.5, 0.6) is 5.75 Å². The van der Waals surface area contributed by atoms with Crippen molar-refractivity contribution in [3.8, 4) is 17.0 Å².